The number of carbonyl (C=O) groups is 2. The van der Waals surface area contributed by atoms with Gasteiger partial charge in [0.15, 0.2) is 0 Å². The molecule has 0 spiro atoms. The largest absolute Gasteiger partial charge is 0.481 e. The van der Waals surface area contributed by atoms with E-state index >= 15 is 0 Å². The Morgan fingerprint density at radius 3 is 2.60 bits per heavy atom. The lowest BCUT2D eigenvalue weighted by Crippen LogP contribution is -2.16. The molecule has 0 fully saturated rings. The topological polar surface area (TPSA) is 78.8 Å². The average Bonchev–Trinajstić information content (AvgIpc) is 2.79. The lowest BCUT2D eigenvalue weighted by molar-refractivity contribution is -0.137. The molecule has 1 rings (SSSR count). The first-order valence-corrected chi connectivity index (χ1v) is 7.55. The zero-order valence-electron chi connectivity index (χ0n) is 11.6. The quantitative estimate of drug-likeness (QED) is 0.418. The minimum atomic E-state index is -0.763. The van der Waals surface area contributed by atoms with Gasteiger partial charge in [0.05, 0.1) is 6.21 Å². The number of hydrogen-bond donors (Lipinski definition) is 2. The van der Waals surface area contributed by atoms with Crippen molar-refractivity contribution in [1.29, 1.82) is 0 Å². The van der Waals surface area contributed by atoms with Crippen LogP contribution in [0.3, 0.4) is 0 Å². The van der Waals surface area contributed by atoms with Crippen LogP contribution in [0.2, 0.25) is 0 Å². The predicted molar refractivity (Wildman–Crippen MR) is 80.1 cm³/mol. The molecule has 1 amide bonds. The molecular weight excluding hydrogens is 276 g/mol. The summed E-state index contributed by atoms with van der Waals surface area (Å²) in [5, 5.41) is 14.4. The highest BCUT2D eigenvalue weighted by Gasteiger charge is 2.01. The molecule has 6 heteroatoms. The number of carboxylic acid groups (broad SMARTS) is 1. The van der Waals surface area contributed by atoms with Crippen molar-refractivity contribution in [3.63, 3.8) is 0 Å². The summed E-state index contributed by atoms with van der Waals surface area (Å²) in [6.45, 7) is 2.00. The Hall–Kier alpha value is -1.69. The van der Waals surface area contributed by atoms with Gasteiger partial charge in [-0.15, -0.1) is 11.3 Å². The number of aliphatic carboxylic acids is 1. The van der Waals surface area contributed by atoms with Crippen LogP contribution in [-0.4, -0.2) is 23.2 Å². The average molecular weight is 296 g/mol. The van der Waals surface area contributed by atoms with Crippen LogP contribution in [0.5, 0.6) is 0 Å². The van der Waals surface area contributed by atoms with Crippen molar-refractivity contribution in [2.24, 2.45) is 5.10 Å². The number of nitrogens with one attached hydrogen (secondary N) is 1. The van der Waals surface area contributed by atoms with E-state index in [1.807, 2.05) is 18.4 Å². The van der Waals surface area contributed by atoms with Gasteiger partial charge in [-0.1, -0.05) is 12.8 Å². The number of unbranched alkanes of at least 4 members (excludes halogenated alkanes) is 3. The number of aryl methyl sites for hydroxylation is 1. The highest BCUT2D eigenvalue weighted by Crippen LogP contribution is 2.12. The Morgan fingerprint density at radius 1 is 1.30 bits per heavy atom. The zero-order chi connectivity index (χ0) is 14.8. The molecule has 0 aliphatic carbocycles. The zero-order valence-corrected chi connectivity index (χ0v) is 12.4. The van der Waals surface area contributed by atoms with Gasteiger partial charge in [0.25, 0.3) is 0 Å². The molecule has 110 valence electrons. The van der Waals surface area contributed by atoms with E-state index in [4.69, 9.17) is 5.11 Å². The van der Waals surface area contributed by atoms with Gasteiger partial charge in [-0.3, -0.25) is 9.59 Å². The summed E-state index contributed by atoms with van der Waals surface area (Å²) in [6.07, 6.45) is 5.44. The number of nitrogens with zero attached hydrogens (tertiary/aromatic N) is 1. The van der Waals surface area contributed by atoms with E-state index in [1.54, 1.807) is 17.6 Å². The number of rotatable bonds is 9. The third kappa shape index (κ3) is 7.04. The monoisotopic (exact) mass is 296 g/mol. The third-order valence-electron chi connectivity index (χ3n) is 2.82. The number of amides is 1. The van der Waals surface area contributed by atoms with E-state index < -0.39 is 5.97 Å². The molecule has 0 bridgehead atoms. The fraction of sp³-hybridized carbons (Fsp3) is 0.500. The highest BCUT2D eigenvalue weighted by atomic mass is 32.1. The summed E-state index contributed by atoms with van der Waals surface area (Å²) in [6, 6.07) is 2.00. The maximum absolute atomic E-state index is 11.5. The molecule has 2 N–H and O–H groups in total. The van der Waals surface area contributed by atoms with Crippen molar-refractivity contribution in [3.8, 4) is 0 Å². The van der Waals surface area contributed by atoms with Gasteiger partial charge in [-0.2, -0.15) is 5.10 Å². The molecule has 1 aromatic heterocycles. The number of carboxylic acids is 1. The van der Waals surface area contributed by atoms with Gasteiger partial charge in [-0.05, 0) is 36.8 Å². The second kappa shape index (κ2) is 9.25. The molecule has 0 saturated carbocycles. The van der Waals surface area contributed by atoms with Crippen molar-refractivity contribution in [1.82, 2.24) is 5.43 Å². The molecular formula is C14H20N2O3S. The van der Waals surface area contributed by atoms with Crippen molar-refractivity contribution < 1.29 is 14.7 Å². The van der Waals surface area contributed by atoms with E-state index in [0.29, 0.717) is 12.8 Å². The van der Waals surface area contributed by atoms with Gasteiger partial charge in [0.1, 0.15) is 0 Å². The molecule has 1 heterocycles. The van der Waals surface area contributed by atoms with Gasteiger partial charge in [0.2, 0.25) is 5.91 Å². The second-order valence-electron chi connectivity index (χ2n) is 4.57. The van der Waals surface area contributed by atoms with Crippen LogP contribution < -0.4 is 5.43 Å². The van der Waals surface area contributed by atoms with Gasteiger partial charge in [-0.25, -0.2) is 5.43 Å². The summed E-state index contributed by atoms with van der Waals surface area (Å²) >= 11 is 1.58. The van der Waals surface area contributed by atoms with Crippen molar-refractivity contribution in [2.45, 2.75) is 45.4 Å². The van der Waals surface area contributed by atoms with Gasteiger partial charge < -0.3 is 5.11 Å². The molecule has 0 aliphatic heterocycles. The van der Waals surface area contributed by atoms with Gasteiger partial charge >= 0.3 is 5.97 Å². The van der Waals surface area contributed by atoms with Crippen LogP contribution in [-0.2, 0) is 9.59 Å². The van der Waals surface area contributed by atoms with E-state index in [1.165, 1.54) is 0 Å². The second-order valence-corrected chi connectivity index (χ2v) is 5.52. The summed E-state index contributed by atoms with van der Waals surface area (Å²) in [5.41, 5.74) is 3.65. The van der Waals surface area contributed by atoms with Crippen LogP contribution in [0.1, 0.15) is 49.0 Å². The molecule has 0 aromatic carbocycles. The van der Waals surface area contributed by atoms with Crippen LogP contribution in [0, 0.1) is 6.92 Å². The Labute approximate surface area is 122 Å². The minimum Gasteiger partial charge on any atom is -0.481 e. The molecule has 0 aliphatic rings. The van der Waals surface area contributed by atoms with Crippen LogP contribution in [0.15, 0.2) is 16.5 Å². The first kappa shape index (κ1) is 16.4. The standard InChI is InChI=1S/C14H20N2O3S/c1-11-8-9-20-12(11)10-15-16-13(17)6-4-2-3-5-7-14(18)19/h8-10H,2-7H2,1H3,(H,16,17)(H,18,19)/b15-10+. The van der Waals surface area contributed by atoms with Crippen molar-refractivity contribution in [2.75, 3.05) is 0 Å². The number of carbonyl (C=O) groups excluding carboxylic acids is 1. The van der Waals surface area contributed by atoms with Crippen LogP contribution in [0.4, 0.5) is 0 Å². The Morgan fingerprint density at radius 2 is 2.00 bits per heavy atom. The summed E-state index contributed by atoms with van der Waals surface area (Å²) in [5.74, 6) is -0.866. The number of hydrazone groups is 1. The van der Waals surface area contributed by atoms with Crippen LogP contribution in [0.25, 0.3) is 0 Å². The molecule has 1 aromatic rings. The molecule has 0 unspecified atom stereocenters. The van der Waals surface area contributed by atoms with E-state index in [2.05, 4.69) is 10.5 Å². The number of thiophene rings is 1. The normalized spacial score (nSPS) is 10.8. The Bertz CT molecular complexity index is 469. The van der Waals surface area contributed by atoms with Crippen molar-refractivity contribution >= 4 is 29.4 Å². The lowest BCUT2D eigenvalue weighted by atomic mass is 10.1. The van der Waals surface area contributed by atoms with Gasteiger partial charge in [0, 0.05) is 17.7 Å². The smallest absolute Gasteiger partial charge is 0.303 e. The van der Waals surface area contributed by atoms with E-state index in [-0.39, 0.29) is 12.3 Å². The predicted octanol–water partition coefficient (Wildman–Crippen LogP) is 2.93. The van der Waals surface area contributed by atoms with Crippen molar-refractivity contribution in [3.05, 3.63) is 21.9 Å². The highest BCUT2D eigenvalue weighted by molar-refractivity contribution is 7.11. The molecule has 0 saturated heterocycles. The Balaban J connectivity index is 2.07. The maximum atomic E-state index is 11.5. The first-order chi connectivity index (χ1) is 9.59. The van der Waals surface area contributed by atoms with E-state index in [0.717, 1.165) is 29.7 Å². The molecule has 0 atom stereocenters. The van der Waals surface area contributed by atoms with Crippen LogP contribution >= 0.6 is 11.3 Å². The third-order valence-corrected chi connectivity index (χ3v) is 3.77. The first-order valence-electron chi connectivity index (χ1n) is 6.67. The minimum absolute atomic E-state index is 0.103. The summed E-state index contributed by atoms with van der Waals surface area (Å²) in [4.78, 5) is 22.8. The molecule has 0 radical (unpaired) electrons. The molecule has 20 heavy (non-hydrogen) atoms. The fourth-order valence-corrected chi connectivity index (χ4v) is 2.44. The summed E-state index contributed by atoms with van der Waals surface area (Å²) in [7, 11) is 0. The Kier molecular flexibility index (Phi) is 7.57. The van der Waals surface area contributed by atoms with E-state index in [9.17, 15) is 9.59 Å². The number of hydrogen-bond acceptors (Lipinski definition) is 4. The fourth-order valence-electron chi connectivity index (χ4n) is 1.65. The summed E-state index contributed by atoms with van der Waals surface area (Å²) < 4.78 is 0. The maximum Gasteiger partial charge on any atom is 0.303 e. The molecule has 5 nitrogen and oxygen atoms in total. The lowest BCUT2D eigenvalue weighted by Gasteiger charge is -2.00. The SMILES string of the molecule is Cc1ccsc1/C=N/NC(=O)CCCCCCC(=O)O.